The van der Waals surface area contributed by atoms with Crippen molar-refractivity contribution in [1.29, 1.82) is 0 Å². The van der Waals surface area contributed by atoms with Crippen LogP contribution >= 0.6 is 0 Å². The van der Waals surface area contributed by atoms with E-state index in [1.807, 2.05) is 0 Å². The molecule has 0 N–H and O–H groups in total. The lowest BCUT2D eigenvalue weighted by Crippen LogP contribution is -2.06. The molecule has 12 rings (SSSR count). The van der Waals surface area contributed by atoms with Gasteiger partial charge in [-0.3, -0.25) is 0 Å². The van der Waals surface area contributed by atoms with Gasteiger partial charge >= 0.3 is 0 Å². The van der Waals surface area contributed by atoms with Gasteiger partial charge in [0, 0.05) is 32.9 Å². The Hall–Kier alpha value is -9.95. The third kappa shape index (κ3) is 8.16. The summed E-state index contributed by atoms with van der Waals surface area (Å²) in [5.41, 5.74) is -15.7. The van der Waals surface area contributed by atoms with Gasteiger partial charge in [-0.1, -0.05) is 24.3 Å². The highest BCUT2D eigenvalue weighted by Gasteiger charge is 2.34. The lowest BCUT2D eigenvalue weighted by molar-refractivity contribution is 0.381. The molecule has 27 heteroatoms. The lowest BCUT2D eigenvalue weighted by atomic mass is 9.98. The van der Waals surface area contributed by atoms with E-state index in [4.69, 9.17) is 0 Å². The molecule has 0 radical (unpaired) electrons. The SMILES string of the molecule is Fc1c(F)c(F)c(-c2cc(-n3c4ccc(-c5c(F)c(F)c(F)c(F)c5F)cc4c4cc(-c5c(F)c(F)c(F)c(F)c5F)ccc43)cc(-n3c4ccc(-c5c(F)c(F)c(F)c(F)c5F)cc4c4cc(-c5c(F)c(F)c(F)c(F)c5F)ccc43)c2)c(F)c1F. The van der Waals surface area contributed by atoms with Crippen LogP contribution in [0, 0.1) is 145 Å². The molecule has 0 amide bonds. The topological polar surface area (TPSA) is 9.86 Å². The first-order chi connectivity index (χ1) is 41.1. The van der Waals surface area contributed by atoms with E-state index in [2.05, 4.69) is 0 Å². The van der Waals surface area contributed by atoms with Gasteiger partial charge in [-0.15, -0.1) is 0 Å². The molecule has 0 fully saturated rings. The van der Waals surface area contributed by atoms with Crippen molar-refractivity contribution in [2.24, 2.45) is 0 Å². The van der Waals surface area contributed by atoms with Crippen LogP contribution in [0.4, 0.5) is 110 Å². The number of rotatable bonds is 7. The fourth-order valence-corrected chi connectivity index (χ4v) is 10.5. The molecule has 0 saturated heterocycles. The molecule has 0 bridgehead atoms. The van der Waals surface area contributed by atoms with E-state index in [0.717, 1.165) is 39.5 Å². The normalized spacial score (nSPS) is 12.0. The quantitative estimate of drug-likeness (QED) is 0.0855. The van der Waals surface area contributed by atoms with Crippen molar-refractivity contribution in [1.82, 2.24) is 9.13 Å². The van der Waals surface area contributed by atoms with Crippen LogP contribution in [0.1, 0.15) is 0 Å². The Kier molecular flexibility index (Phi) is 13.3. The molecule has 0 aliphatic carbocycles. The first kappa shape index (κ1) is 57.5. The van der Waals surface area contributed by atoms with E-state index >= 15 is 52.7 Å². The zero-order valence-corrected chi connectivity index (χ0v) is 41.5. The van der Waals surface area contributed by atoms with Crippen LogP contribution < -0.4 is 0 Å². The molecule has 0 unspecified atom stereocenters. The minimum absolute atomic E-state index is 0.421. The van der Waals surface area contributed by atoms with E-state index in [1.165, 1.54) is 0 Å². The van der Waals surface area contributed by atoms with E-state index in [-0.39, 0.29) is 0 Å². The van der Waals surface area contributed by atoms with E-state index in [1.54, 1.807) is 0 Å². The van der Waals surface area contributed by atoms with Crippen LogP contribution in [0.25, 0.3) is 111 Å². The third-order valence-electron chi connectivity index (χ3n) is 14.4. The Morgan fingerprint density at radius 1 is 0.161 bits per heavy atom. The average molecular weight is 1240 g/mol. The summed E-state index contributed by atoms with van der Waals surface area (Å²) >= 11 is 0. The van der Waals surface area contributed by atoms with Crippen LogP contribution in [0.2, 0.25) is 0 Å². The number of fused-ring (bicyclic) bond motifs is 6. The minimum atomic E-state index is -2.70. The van der Waals surface area contributed by atoms with Crippen molar-refractivity contribution in [3.8, 4) is 67.0 Å². The highest BCUT2D eigenvalue weighted by atomic mass is 19.2. The predicted octanol–water partition coefficient (Wildman–Crippen LogP) is 19.7. The molecule has 0 atom stereocenters. The van der Waals surface area contributed by atoms with Crippen molar-refractivity contribution in [2.45, 2.75) is 0 Å². The summed E-state index contributed by atoms with van der Waals surface area (Å²) in [5, 5.41) is -2.06. The average Bonchev–Trinajstić information content (AvgIpc) is 1.72. The summed E-state index contributed by atoms with van der Waals surface area (Å²) in [5.74, 6) is -62.5. The Bertz CT molecular complexity index is 4440. The molecule has 87 heavy (non-hydrogen) atoms. The van der Waals surface area contributed by atoms with Crippen molar-refractivity contribution in [3.63, 3.8) is 0 Å². The molecule has 0 aliphatic rings. The maximum Gasteiger partial charge on any atom is 0.200 e. The minimum Gasteiger partial charge on any atom is -0.309 e. The Morgan fingerprint density at radius 3 is 0.506 bits per heavy atom. The molecule has 440 valence electrons. The second-order valence-electron chi connectivity index (χ2n) is 19.1. The molecular formula is C60H15F25N2. The first-order valence-electron chi connectivity index (χ1n) is 24.0. The molecule has 2 aromatic heterocycles. The van der Waals surface area contributed by atoms with Gasteiger partial charge in [0.15, 0.2) is 116 Å². The summed E-state index contributed by atoms with van der Waals surface area (Å²) in [4.78, 5) is 0. The van der Waals surface area contributed by atoms with Crippen LogP contribution in [0.3, 0.4) is 0 Å². The van der Waals surface area contributed by atoms with Gasteiger partial charge in [-0.25, -0.2) is 110 Å². The highest BCUT2D eigenvalue weighted by Crippen LogP contribution is 2.46. The molecular weight excluding hydrogens is 1220 g/mol. The van der Waals surface area contributed by atoms with E-state index in [0.29, 0.717) is 60.7 Å². The zero-order chi connectivity index (χ0) is 62.7. The Balaban J connectivity index is 1.22. The van der Waals surface area contributed by atoms with Gasteiger partial charge in [0.1, 0.15) is 0 Å². The summed E-state index contributed by atoms with van der Waals surface area (Å²) in [7, 11) is 0. The monoisotopic (exact) mass is 1240 g/mol. The fraction of sp³-hybridized carbons (Fsp3) is 0. The van der Waals surface area contributed by atoms with E-state index < -0.39 is 256 Å². The Labute approximate surface area is 465 Å². The summed E-state index contributed by atoms with van der Waals surface area (Å²) in [6.07, 6.45) is 0. The number of nitrogens with zero attached hydrogens (tertiary/aromatic N) is 2. The maximum atomic E-state index is 16.2. The smallest absolute Gasteiger partial charge is 0.200 e. The number of benzene rings is 10. The molecule has 0 spiro atoms. The number of hydrogen-bond acceptors (Lipinski definition) is 0. The summed E-state index contributed by atoms with van der Waals surface area (Å²) in [6, 6.07) is 11.2. The summed E-state index contributed by atoms with van der Waals surface area (Å²) < 4.78 is 378. The standard InChI is InChI=1S/C60H15F25N2/c61-36-31(37(62)47(72)56(81)46(36)71)16-1-5-27-23(11-16)24-12-17(32-38(63)48(73)57(82)49(74)39(32)64)2-6-28(24)86(27)21-9-20(35-44(69)54(79)60(85)55(80)45(35)70)10-22(15-21)87-29-7-3-18(33-40(65)50(75)58(83)51(76)41(33)66)13-25(29)26-14-19(4-8-30(26)87)34-42(67)52(77)59(84)53(78)43(34)68/h1-15H. The van der Waals surface area contributed by atoms with Crippen LogP contribution in [-0.4, -0.2) is 9.13 Å². The van der Waals surface area contributed by atoms with Gasteiger partial charge < -0.3 is 9.13 Å². The molecule has 2 nitrogen and oxygen atoms in total. The second kappa shape index (κ2) is 20.1. The summed E-state index contributed by atoms with van der Waals surface area (Å²) in [6.45, 7) is 0. The fourth-order valence-electron chi connectivity index (χ4n) is 10.5. The predicted molar refractivity (Wildman–Crippen MR) is 261 cm³/mol. The zero-order valence-electron chi connectivity index (χ0n) is 41.5. The van der Waals surface area contributed by atoms with Crippen molar-refractivity contribution < 1.29 is 110 Å². The second-order valence-corrected chi connectivity index (χ2v) is 19.1. The lowest BCUT2D eigenvalue weighted by Gasteiger charge is -2.17. The molecule has 10 aromatic carbocycles. The van der Waals surface area contributed by atoms with Gasteiger partial charge in [-0.2, -0.15) is 0 Å². The van der Waals surface area contributed by atoms with Crippen LogP contribution in [0.15, 0.2) is 91.0 Å². The number of halogens is 25. The highest BCUT2D eigenvalue weighted by molar-refractivity contribution is 6.13. The molecule has 0 saturated carbocycles. The van der Waals surface area contributed by atoms with E-state index in [9.17, 15) is 57.1 Å². The van der Waals surface area contributed by atoms with Crippen molar-refractivity contribution in [3.05, 3.63) is 236 Å². The van der Waals surface area contributed by atoms with Crippen LogP contribution in [0.5, 0.6) is 0 Å². The molecule has 0 aliphatic heterocycles. The van der Waals surface area contributed by atoms with Crippen LogP contribution in [-0.2, 0) is 0 Å². The Morgan fingerprint density at radius 2 is 0.322 bits per heavy atom. The molecule has 2 heterocycles. The van der Waals surface area contributed by atoms with Crippen molar-refractivity contribution in [2.75, 3.05) is 0 Å². The van der Waals surface area contributed by atoms with Gasteiger partial charge in [0.25, 0.3) is 0 Å². The van der Waals surface area contributed by atoms with Gasteiger partial charge in [0.05, 0.1) is 49.9 Å². The van der Waals surface area contributed by atoms with Gasteiger partial charge in [0.2, 0.25) is 29.1 Å². The number of aromatic nitrogens is 2. The number of hydrogen-bond donors (Lipinski definition) is 0. The largest absolute Gasteiger partial charge is 0.309 e. The molecule has 12 aromatic rings. The van der Waals surface area contributed by atoms with Crippen molar-refractivity contribution >= 4 is 43.6 Å². The van der Waals surface area contributed by atoms with Gasteiger partial charge in [-0.05, 0) is 94.5 Å². The third-order valence-corrected chi connectivity index (χ3v) is 14.4. The maximum absolute atomic E-state index is 16.2. The first-order valence-corrected chi connectivity index (χ1v) is 24.0.